The first-order valence-electron chi connectivity index (χ1n) is 8.99. The number of anilines is 1. The van der Waals surface area contributed by atoms with Gasteiger partial charge >= 0.3 is 17.9 Å². The maximum Gasteiger partial charge on any atom is 0.337 e. The highest BCUT2D eigenvalue weighted by Gasteiger charge is 2.34. The number of carbonyl (C=O) groups is 5. The molecular formula is C19H22N2O8S. The van der Waals surface area contributed by atoms with Crippen LogP contribution in [0.4, 0.5) is 5.69 Å². The lowest BCUT2D eigenvalue weighted by atomic mass is 10.1. The van der Waals surface area contributed by atoms with Gasteiger partial charge in [0.25, 0.3) is 0 Å². The fraction of sp³-hybridized carbons (Fsp3) is 0.421. The third-order valence-corrected chi connectivity index (χ3v) is 5.38. The summed E-state index contributed by atoms with van der Waals surface area (Å²) in [5, 5.41) is 4.42. The quantitative estimate of drug-likeness (QED) is 0.467. The SMILES string of the molecule is CCOC(=O)[C@@H]1CS[C@H](CC(=O)Nc2cc(C(=O)OC)cc(C(=O)OC)c2)C(=O)N1. The summed E-state index contributed by atoms with van der Waals surface area (Å²) in [7, 11) is 2.38. The van der Waals surface area contributed by atoms with Gasteiger partial charge in [-0.15, -0.1) is 11.8 Å². The minimum absolute atomic E-state index is 0.0535. The van der Waals surface area contributed by atoms with Gasteiger partial charge in [0.1, 0.15) is 6.04 Å². The first kappa shape index (κ1) is 23.2. The Morgan fingerprint density at radius 1 is 1.10 bits per heavy atom. The van der Waals surface area contributed by atoms with Gasteiger partial charge in [-0.05, 0) is 25.1 Å². The third-order valence-electron chi connectivity index (χ3n) is 4.07. The Labute approximate surface area is 177 Å². The van der Waals surface area contributed by atoms with Crippen molar-refractivity contribution in [3.05, 3.63) is 29.3 Å². The number of amides is 2. The van der Waals surface area contributed by atoms with Crippen molar-refractivity contribution in [3.8, 4) is 0 Å². The highest BCUT2D eigenvalue weighted by Crippen LogP contribution is 2.23. The van der Waals surface area contributed by atoms with Crippen LogP contribution in [0.3, 0.4) is 0 Å². The van der Waals surface area contributed by atoms with Crippen molar-refractivity contribution in [2.24, 2.45) is 0 Å². The zero-order valence-corrected chi connectivity index (χ0v) is 17.5. The van der Waals surface area contributed by atoms with Gasteiger partial charge in [0, 0.05) is 17.9 Å². The van der Waals surface area contributed by atoms with E-state index in [0.717, 1.165) is 0 Å². The molecule has 2 amide bonds. The molecule has 11 heteroatoms. The Bertz CT molecular complexity index is 823. The smallest absolute Gasteiger partial charge is 0.337 e. The van der Waals surface area contributed by atoms with E-state index >= 15 is 0 Å². The minimum atomic E-state index is -0.749. The Hall–Kier alpha value is -3.08. The molecule has 162 valence electrons. The van der Waals surface area contributed by atoms with Gasteiger partial charge in [0.05, 0.1) is 37.2 Å². The first-order chi connectivity index (χ1) is 14.3. The van der Waals surface area contributed by atoms with Gasteiger partial charge in [0.2, 0.25) is 11.8 Å². The molecule has 0 aliphatic carbocycles. The van der Waals surface area contributed by atoms with Crippen LogP contribution in [0.15, 0.2) is 18.2 Å². The van der Waals surface area contributed by atoms with Gasteiger partial charge in [-0.25, -0.2) is 14.4 Å². The number of ether oxygens (including phenoxy) is 3. The zero-order chi connectivity index (χ0) is 22.3. The number of esters is 3. The monoisotopic (exact) mass is 438 g/mol. The van der Waals surface area contributed by atoms with Gasteiger partial charge in [0.15, 0.2) is 0 Å². The summed E-state index contributed by atoms with van der Waals surface area (Å²) < 4.78 is 14.2. The maximum atomic E-state index is 12.4. The van der Waals surface area contributed by atoms with Crippen LogP contribution in [0, 0.1) is 0 Å². The fourth-order valence-corrected chi connectivity index (χ4v) is 3.80. The molecule has 30 heavy (non-hydrogen) atoms. The van der Waals surface area contributed by atoms with Crippen LogP contribution in [0.5, 0.6) is 0 Å². The largest absolute Gasteiger partial charge is 0.465 e. The molecule has 0 unspecified atom stereocenters. The number of carbonyl (C=O) groups excluding carboxylic acids is 5. The van der Waals surface area contributed by atoms with Crippen molar-refractivity contribution < 1.29 is 38.2 Å². The highest BCUT2D eigenvalue weighted by molar-refractivity contribution is 8.00. The van der Waals surface area contributed by atoms with E-state index in [1.165, 1.54) is 44.2 Å². The second kappa shape index (κ2) is 10.6. The van der Waals surface area contributed by atoms with E-state index in [1.54, 1.807) is 6.92 Å². The Balaban J connectivity index is 2.05. The van der Waals surface area contributed by atoms with Crippen LogP contribution >= 0.6 is 11.8 Å². The molecular weight excluding hydrogens is 416 g/mol. The standard InChI is InChI=1S/C19H22N2O8S/c1-4-29-19(26)13-9-30-14(16(23)21-13)8-15(22)20-12-6-10(17(24)27-2)5-11(7-12)18(25)28-3/h5-7,13-14H,4,8-9H2,1-3H3,(H,20,22)(H,21,23)/t13-,14+/m0/s1. The van der Waals surface area contributed by atoms with E-state index in [1.807, 2.05) is 0 Å². The molecule has 1 aromatic carbocycles. The molecule has 2 rings (SSSR count). The molecule has 10 nitrogen and oxygen atoms in total. The molecule has 1 aliphatic rings. The topological polar surface area (TPSA) is 137 Å². The molecule has 0 aromatic heterocycles. The number of benzene rings is 1. The number of methoxy groups -OCH3 is 2. The molecule has 0 radical (unpaired) electrons. The summed E-state index contributed by atoms with van der Waals surface area (Å²) >= 11 is 1.17. The predicted molar refractivity (Wildman–Crippen MR) is 107 cm³/mol. The van der Waals surface area contributed by atoms with Crippen molar-refractivity contribution in [1.82, 2.24) is 5.32 Å². The maximum absolute atomic E-state index is 12.4. The minimum Gasteiger partial charge on any atom is -0.465 e. The molecule has 2 N–H and O–H groups in total. The number of thioether (sulfide) groups is 1. The summed E-state index contributed by atoms with van der Waals surface area (Å²) in [6.45, 7) is 1.88. The molecule has 0 spiro atoms. The summed E-state index contributed by atoms with van der Waals surface area (Å²) in [5.74, 6) is -2.57. The number of rotatable bonds is 7. The van der Waals surface area contributed by atoms with E-state index in [-0.39, 0.29) is 35.6 Å². The summed E-state index contributed by atoms with van der Waals surface area (Å²) in [6, 6.07) is 3.23. The first-order valence-corrected chi connectivity index (χ1v) is 10.0. The Morgan fingerprint density at radius 2 is 1.70 bits per heavy atom. The second-order valence-electron chi connectivity index (χ2n) is 6.17. The van der Waals surface area contributed by atoms with E-state index in [2.05, 4.69) is 20.1 Å². The van der Waals surface area contributed by atoms with Crippen molar-refractivity contribution in [2.75, 3.05) is 31.9 Å². The summed E-state index contributed by atoms with van der Waals surface area (Å²) in [4.78, 5) is 60.0. The molecule has 1 heterocycles. The van der Waals surface area contributed by atoms with Crippen molar-refractivity contribution >= 4 is 47.2 Å². The molecule has 0 saturated carbocycles. The second-order valence-corrected chi connectivity index (χ2v) is 7.41. The van der Waals surface area contributed by atoms with Gasteiger partial charge in [-0.2, -0.15) is 0 Å². The lowest BCUT2D eigenvalue weighted by Gasteiger charge is -2.27. The van der Waals surface area contributed by atoms with Crippen LogP contribution in [-0.4, -0.2) is 67.6 Å². The molecule has 1 aliphatic heterocycles. The summed E-state index contributed by atoms with van der Waals surface area (Å²) in [5.41, 5.74) is 0.282. The molecule has 2 atom stereocenters. The predicted octanol–water partition coefficient (Wildman–Crippen LogP) is 0.752. The van der Waals surface area contributed by atoms with Gasteiger partial charge < -0.3 is 24.8 Å². The number of hydrogen-bond donors (Lipinski definition) is 2. The summed E-state index contributed by atoms with van der Waals surface area (Å²) in [6.07, 6.45) is -0.165. The van der Waals surface area contributed by atoms with E-state index in [0.29, 0.717) is 0 Å². The van der Waals surface area contributed by atoms with Crippen LogP contribution < -0.4 is 10.6 Å². The highest BCUT2D eigenvalue weighted by atomic mass is 32.2. The van der Waals surface area contributed by atoms with E-state index in [4.69, 9.17) is 4.74 Å². The molecule has 0 bridgehead atoms. The van der Waals surface area contributed by atoms with Crippen molar-refractivity contribution in [3.63, 3.8) is 0 Å². The van der Waals surface area contributed by atoms with Crippen LogP contribution in [0.2, 0.25) is 0 Å². The van der Waals surface area contributed by atoms with Gasteiger partial charge in [-0.1, -0.05) is 0 Å². The Kier molecular flexibility index (Phi) is 8.22. The van der Waals surface area contributed by atoms with E-state index in [9.17, 15) is 24.0 Å². The molecule has 1 fully saturated rings. The number of hydrogen-bond acceptors (Lipinski definition) is 9. The molecule has 1 saturated heterocycles. The van der Waals surface area contributed by atoms with E-state index < -0.39 is 41.0 Å². The van der Waals surface area contributed by atoms with Crippen LogP contribution in [-0.2, 0) is 28.6 Å². The zero-order valence-electron chi connectivity index (χ0n) is 16.7. The molecule has 1 aromatic rings. The van der Waals surface area contributed by atoms with Crippen molar-refractivity contribution in [1.29, 1.82) is 0 Å². The normalized spacial score (nSPS) is 18.0. The Morgan fingerprint density at radius 3 is 2.20 bits per heavy atom. The van der Waals surface area contributed by atoms with Crippen LogP contribution in [0.25, 0.3) is 0 Å². The van der Waals surface area contributed by atoms with Crippen molar-refractivity contribution in [2.45, 2.75) is 24.6 Å². The average molecular weight is 438 g/mol. The van der Waals surface area contributed by atoms with Crippen LogP contribution in [0.1, 0.15) is 34.1 Å². The lowest BCUT2D eigenvalue weighted by molar-refractivity contribution is -0.146. The van der Waals surface area contributed by atoms with Gasteiger partial charge in [-0.3, -0.25) is 9.59 Å². The average Bonchev–Trinajstić information content (AvgIpc) is 2.73. The number of nitrogens with one attached hydrogen (secondary N) is 2. The lowest BCUT2D eigenvalue weighted by Crippen LogP contribution is -2.51. The third kappa shape index (κ3) is 5.96. The fourth-order valence-electron chi connectivity index (χ4n) is 2.67.